The fourth-order valence-corrected chi connectivity index (χ4v) is 5.18. The van der Waals surface area contributed by atoms with E-state index >= 15 is 0 Å². The van der Waals surface area contributed by atoms with E-state index in [4.69, 9.17) is 10.3 Å². The van der Waals surface area contributed by atoms with Crippen LogP contribution in [0.5, 0.6) is 0 Å². The fraction of sp³-hybridized carbons (Fsp3) is 0.519. The lowest BCUT2D eigenvalue weighted by molar-refractivity contribution is 0.0707. The van der Waals surface area contributed by atoms with Crippen LogP contribution in [0.1, 0.15) is 61.3 Å². The number of benzene rings is 1. The smallest absolute Gasteiger partial charge is 0.324 e. The Morgan fingerprint density at radius 1 is 1.10 bits per heavy atom. The predicted molar refractivity (Wildman–Crippen MR) is 142 cm³/mol. The summed E-state index contributed by atoms with van der Waals surface area (Å²) in [6.07, 6.45) is 4.53. The van der Waals surface area contributed by atoms with Crippen LogP contribution >= 0.6 is 0 Å². The van der Waals surface area contributed by atoms with Crippen molar-refractivity contribution in [2.45, 2.75) is 57.0 Å². The Labute approximate surface area is 226 Å². The zero-order chi connectivity index (χ0) is 27.9. The lowest BCUT2D eigenvalue weighted by Gasteiger charge is -2.35. The Morgan fingerprint density at radius 2 is 1.79 bits per heavy atom. The molecular weight excluding hydrogens is 506 g/mol. The lowest BCUT2D eigenvalue weighted by atomic mass is 9.94. The highest BCUT2D eigenvalue weighted by Gasteiger charge is 2.35. The summed E-state index contributed by atoms with van der Waals surface area (Å²) in [5.74, 6) is -0.480. The van der Waals surface area contributed by atoms with Gasteiger partial charge in [-0.3, -0.25) is 4.79 Å². The molecular formula is C27H34F2N8O2. The molecule has 0 spiro atoms. The predicted octanol–water partition coefficient (Wildman–Crippen LogP) is 3.11. The van der Waals surface area contributed by atoms with E-state index < -0.39 is 23.6 Å². The SMILES string of the molecule is CN(C(=O)c1cnc(N2C[C@H](c3cc(F)ccc3F)[C@@H](N)C2)nc1)C1CCN(c2nc(C(C)(C)C)no2)CC1. The van der Waals surface area contributed by atoms with Crippen molar-refractivity contribution in [2.75, 3.05) is 43.0 Å². The van der Waals surface area contributed by atoms with Gasteiger partial charge < -0.3 is 25.0 Å². The van der Waals surface area contributed by atoms with Crippen LogP contribution < -0.4 is 15.5 Å². The molecule has 3 aromatic rings. The van der Waals surface area contributed by atoms with Gasteiger partial charge in [0.15, 0.2) is 5.82 Å². The first-order chi connectivity index (χ1) is 18.5. The second kappa shape index (κ2) is 10.5. The summed E-state index contributed by atoms with van der Waals surface area (Å²) in [4.78, 5) is 32.1. The topological polar surface area (TPSA) is 118 Å². The molecule has 2 atom stereocenters. The number of amides is 1. The molecule has 0 bridgehead atoms. The fourth-order valence-electron chi connectivity index (χ4n) is 5.18. The standard InChI is InChI=1S/C27H34F2N8O2/c1-27(2,3)24-33-26(39-34-24)36-9-7-18(8-10-36)35(4)23(38)16-12-31-25(32-13-16)37-14-20(22(30)15-37)19-11-17(28)5-6-21(19)29/h5-6,11-13,18,20,22H,7-10,14-15,30H2,1-4H3/t20-,22+/m1/s1. The van der Waals surface area contributed by atoms with Gasteiger partial charge in [0.05, 0.1) is 5.56 Å². The van der Waals surface area contributed by atoms with Crippen molar-refractivity contribution in [1.82, 2.24) is 25.0 Å². The summed E-state index contributed by atoms with van der Waals surface area (Å²) in [7, 11) is 1.79. The molecule has 4 heterocycles. The number of anilines is 2. The van der Waals surface area contributed by atoms with Crippen LogP contribution in [0, 0.1) is 11.6 Å². The van der Waals surface area contributed by atoms with E-state index in [9.17, 15) is 13.6 Å². The normalized spacial score (nSPS) is 20.5. The van der Waals surface area contributed by atoms with Crippen molar-refractivity contribution in [3.05, 3.63) is 59.2 Å². The van der Waals surface area contributed by atoms with Crippen LogP contribution in [0.2, 0.25) is 0 Å². The quantitative estimate of drug-likeness (QED) is 0.521. The average molecular weight is 541 g/mol. The van der Waals surface area contributed by atoms with E-state index in [1.165, 1.54) is 18.5 Å². The Kier molecular flexibility index (Phi) is 7.23. The third-order valence-electron chi connectivity index (χ3n) is 7.58. The third kappa shape index (κ3) is 5.56. The molecule has 12 heteroatoms. The van der Waals surface area contributed by atoms with E-state index in [-0.39, 0.29) is 22.9 Å². The Bertz CT molecular complexity index is 1320. The lowest BCUT2D eigenvalue weighted by Crippen LogP contribution is -2.45. The summed E-state index contributed by atoms with van der Waals surface area (Å²) >= 11 is 0. The molecule has 2 saturated heterocycles. The highest BCUT2D eigenvalue weighted by Crippen LogP contribution is 2.31. The number of carbonyl (C=O) groups is 1. The number of hydrogen-bond donors (Lipinski definition) is 1. The molecule has 1 aromatic carbocycles. The van der Waals surface area contributed by atoms with Crippen LogP contribution in [0.25, 0.3) is 0 Å². The molecule has 39 heavy (non-hydrogen) atoms. The van der Waals surface area contributed by atoms with Gasteiger partial charge in [-0.15, -0.1) is 0 Å². The van der Waals surface area contributed by atoms with Gasteiger partial charge in [0, 0.05) is 69.0 Å². The van der Waals surface area contributed by atoms with Gasteiger partial charge in [-0.05, 0) is 36.6 Å². The molecule has 1 amide bonds. The van der Waals surface area contributed by atoms with Gasteiger partial charge in [0.2, 0.25) is 5.95 Å². The number of nitrogens with zero attached hydrogens (tertiary/aromatic N) is 7. The van der Waals surface area contributed by atoms with Crippen molar-refractivity contribution in [3.8, 4) is 0 Å². The van der Waals surface area contributed by atoms with Crippen LogP contribution in [0.4, 0.5) is 20.7 Å². The Hall–Kier alpha value is -3.67. The van der Waals surface area contributed by atoms with E-state index in [0.717, 1.165) is 25.0 Å². The first-order valence-corrected chi connectivity index (χ1v) is 13.1. The van der Waals surface area contributed by atoms with Crippen molar-refractivity contribution in [1.29, 1.82) is 0 Å². The Morgan fingerprint density at radius 3 is 2.44 bits per heavy atom. The van der Waals surface area contributed by atoms with Crippen molar-refractivity contribution in [2.24, 2.45) is 5.73 Å². The molecule has 0 unspecified atom stereocenters. The molecule has 5 rings (SSSR count). The van der Waals surface area contributed by atoms with E-state index in [1.807, 2.05) is 25.7 Å². The van der Waals surface area contributed by atoms with Gasteiger partial charge >= 0.3 is 6.01 Å². The summed E-state index contributed by atoms with van der Waals surface area (Å²) in [5.41, 5.74) is 6.70. The minimum absolute atomic E-state index is 0.0527. The van der Waals surface area contributed by atoms with Gasteiger partial charge in [0.1, 0.15) is 11.6 Å². The third-order valence-corrected chi connectivity index (χ3v) is 7.58. The van der Waals surface area contributed by atoms with Gasteiger partial charge in [-0.2, -0.15) is 4.98 Å². The van der Waals surface area contributed by atoms with Crippen molar-refractivity contribution >= 4 is 17.9 Å². The van der Waals surface area contributed by atoms with Gasteiger partial charge in [-0.25, -0.2) is 18.7 Å². The number of carbonyl (C=O) groups excluding carboxylic acids is 1. The number of aromatic nitrogens is 4. The summed E-state index contributed by atoms with van der Waals surface area (Å²) < 4.78 is 33.5. The van der Waals surface area contributed by atoms with Crippen LogP contribution in [0.15, 0.2) is 35.1 Å². The molecule has 208 valence electrons. The number of rotatable bonds is 5. The number of halogens is 2. The molecule has 0 saturated carbocycles. The first kappa shape index (κ1) is 26.9. The maximum atomic E-state index is 14.3. The molecule has 2 fully saturated rings. The zero-order valence-electron chi connectivity index (χ0n) is 22.6. The molecule has 2 N–H and O–H groups in total. The molecule has 0 radical (unpaired) electrons. The average Bonchev–Trinajstić information content (AvgIpc) is 3.57. The van der Waals surface area contributed by atoms with Crippen LogP contribution in [-0.4, -0.2) is 76.2 Å². The van der Waals surface area contributed by atoms with Crippen molar-refractivity contribution < 1.29 is 18.1 Å². The number of piperidine rings is 1. The summed E-state index contributed by atoms with van der Waals surface area (Å²) in [5, 5.41) is 4.10. The highest BCUT2D eigenvalue weighted by molar-refractivity contribution is 5.93. The molecule has 2 aliphatic rings. The van der Waals surface area contributed by atoms with Crippen LogP contribution in [-0.2, 0) is 5.41 Å². The number of nitrogens with two attached hydrogens (primary N) is 1. The second-order valence-electron chi connectivity index (χ2n) is 11.4. The Balaban J connectivity index is 1.18. The van der Waals surface area contributed by atoms with E-state index in [2.05, 4.69) is 25.0 Å². The maximum absolute atomic E-state index is 14.3. The first-order valence-electron chi connectivity index (χ1n) is 13.1. The molecule has 0 aliphatic carbocycles. The van der Waals surface area contributed by atoms with Crippen LogP contribution in [0.3, 0.4) is 0 Å². The van der Waals surface area contributed by atoms with Crippen molar-refractivity contribution in [3.63, 3.8) is 0 Å². The highest BCUT2D eigenvalue weighted by atomic mass is 19.1. The molecule has 2 aromatic heterocycles. The zero-order valence-corrected chi connectivity index (χ0v) is 22.6. The number of hydrogen-bond acceptors (Lipinski definition) is 9. The maximum Gasteiger partial charge on any atom is 0.324 e. The largest absolute Gasteiger partial charge is 0.339 e. The molecule has 2 aliphatic heterocycles. The van der Waals surface area contributed by atoms with E-state index in [1.54, 1.807) is 11.9 Å². The summed E-state index contributed by atoms with van der Waals surface area (Å²) in [6.45, 7) is 8.26. The minimum atomic E-state index is -0.504. The molecule has 10 nitrogen and oxygen atoms in total. The second-order valence-corrected chi connectivity index (χ2v) is 11.4. The summed E-state index contributed by atoms with van der Waals surface area (Å²) in [6, 6.07) is 3.56. The van der Waals surface area contributed by atoms with Gasteiger partial charge in [0.25, 0.3) is 5.91 Å². The minimum Gasteiger partial charge on any atom is -0.339 e. The van der Waals surface area contributed by atoms with E-state index in [0.29, 0.717) is 49.5 Å². The van der Waals surface area contributed by atoms with Gasteiger partial charge in [-0.1, -0.05) is 25.9 Å². The monoisotopic (exact) mass is 540 g/mol.